The smallest absolute Gasteiger partial charge is 0.395 e. The van der Waals surface area contributed by atoms with Crippen LogP contribution in [0.4, 0.5) is 43.4 Å². The topological polar surface area (TPSA) is 280 Å². The van der Waals surface area contributed by atoms with E-state index >= 15 is 0 Å². The van der Waals surface area contributed by atoms with Crippen LogP contribution in [0.5, 0.6) is 0 Å². The molecule has 0 aromatic heterocycles. The van der Waals surface area contributed by atoms with E-state index < -0.39 is 91.0 Å². The number of anilines is 3. The van der Waals surface area contributed by atoms with Crippen molar-refractivity contribution in [2.24, 2.45) is 5.92 Å². The minimum absolute atomic E-state index is 0. The van der Waals surface area contributed by atoms with Gasteiger partial charge in [-0.2, -0.15) is 26.3 Å². The molecule has 121 heavy (non-hydrogen) atoms. The minimum Gasteiger partial charge on any atom is -0.395 e. The summed E-state index contributed by atoms with van der Waals surface area (Å²) < 4.78 is 177. The summed E-state index contributed by atoms with van der Waals surface area (Å²) in [7, 11) is -13.0. The van der Waals surface area contributed by atoms with Crippen LogP contribution in [0.1, 0.15) is 141 Å². The summed E-state index contributed by atoms with van der Waals surface area (Å²) in [6.45, 7) is 19.9. The van der Waals surface area contributed by atoms with Crippen LogP contribution in [0.2, 0.25) is 0 Å². The number of hydrogen-bond acceptors (Lipinski definition) is 18. The molecule has 4 aliphatic heterocycles. The normalized spacial score (nSPS) is 16.2. The van der Waals surface area contributed by atoms with Gasteiger partial charge in [-0.1, -0.05) is 144 Å². The Morgan fingerprint density at radius 1 is 0.455 bits per heavy atom. The molecular weight excluding hydrogens is 1870 g/mol. The predicted molar refractivity (Wildman–Crippen MR) is 467 cm³/mol. The number of terminal acetylenes is 1. The molecule has 0 amide bonds. The second kappa shape index (κ2) is 44.7. The molecule has 8 aromatic rings. The van der Waals surface area contributed by atoms with E-state index in [0.29, 0.717) is 107 Å². The summed E-state index contributed by atoms with van der Waals surface area (Å²) in [6, 6.07) is 57.3. The Bertz CT molecular complexity index is 5150. The number of nitrogens with one attached hydrogen (secondary N) is 1. The van der Waals surface area contributed by atoms with Crippen LogP contribution in [0.15, 0.2) is 235 Å². The number of nitrogens with zero attached hydrogens (tertiary/aromatic N) is 3. The average molecular weight is 1980 g/mol. The summed E-state index contributed by atoms with van der Waals surface area (Å²) in [5.41, 5.74) is -2.68. The van der Waals surface area contributed by atoms with Crippen molar-refractivity contribution >= 4 is 88.3 Å². The summed E-state index contributed by atoms with van der Waals surface area (Å²) >= 11 is 6.46. The molecule has 0 radical (unpaired) electrons. The number of alkyl halides is 6. The van der Waals surface area contributed by atoms with Crippen molar-refractivity contribution in [3.05, 3.63) is 243 Å². The van der Waals surface area contributed by atoms with Crippen LogP contribution in [0.3, 0.4) is 0 Å². The zero-order valence-corrected chi connectivity index (χ0v) is 76.7. The largest absolute Gasteiger partial charge is 0.430 e. The van der Waals surface area contributed by atoms with E-state index in [1.54, 1.807) is 146 Å². The van der Waals surface area contributed by atoms with E-state index in [1.165, 1.54) is 0 Å². The van der Waals surface area contributed by atoms with Crippen LogP contribution in [-0.4, -0.2) is 163 Å². The molecule has 662 valence electrons. The first-order valence-electron chi connectivity index (χ1n) is 39.3. The molecule has 0 saturated carbocycles. The number of hydrogen-bond donors (Lipinski definition) is 7. The van der Waals surface area contributed by atoms with Crippen molar-refractivity contribution in [2.45, 2.75) is 195 Å². The first-order chi connectivity index (χ1) is 56.1. The van der Waals surface area contributed by atoms with Gasteiger partial charge in [-0.3, -0.25) is 0 Å². The van der Waals surface area contributed by atoms with E-state index in [4.69, 9.17) is 16.6 Å². The fraction of sp³-hybridized carbons (Fsp3) is 0.422. The molecule has 0 bridgehead atoms. The molecule has 2 atom stereocenters. The molecule has 4 fully saturated rings. The summed E-state index contributed by atoms with van der Waals surface area (Å²) in [6.07, 6.45) is -2.01. The van der Waals surface area contributed by atoms with Gasteiger partial charge in [0.25, 0.3) is 5.60 Å². The maximum atomic E-state index is 13.0. The molecule has 0 spiro atoms. The maximum absolute atomic E-state index is 13.0. The second-order valence-corrected chi connectivity index (χ2v) is 41.9. The molecule has 31 heteroatoms. The van der Waals surface area contributed by atoms with Gasteiger partial charge >= 0.3 is 12.4 Å². The number of benzene rings is 8. The van der Waals surface area contributed by atoms with Gasteiger partial charge in [0.05, 0.1) is 75.4 Å². The van der Waals surface area contributed by atoms with E-state index in [0.717, 1.165) is 94.9 Å². The molecule has 8 aromatic carbocycles. The molecule has 12 rings (SSSR count). The second-order valence-electron chi connectivity index (χ2n) is 31.2. The third-order valence-corrected chi connectivity index (χ3v) is 31.3. The van der Waals surface area contributed by atoms with Crippen molar-refractivity contribution in [2.75, 3.05) is 73.7 Å². The third-order valence-electron chi connectivity index (χ3n) is 21.0. The first kappa shape index (κ1) is 103. The summed E-state index contributed by atoms with van der Waals surface area (Å²) in [5, 5.41) is 59.5. The van der Waals surface area contributed by atoms with Gasteiger partial charge in [-0.05, 0) is 249 Å². The van der Waals surface area contributed by atoms with Crippen molar-refractivity contribution in [1.29, 1.82) is 0 Å². The standard InChI is InChI=1S/C25H31NO4S.C20H24BrNO3S.C20H25NO3S.C11H15NO2S.C9H5BrF6O.C5H8O.Pd/c1-4-21(27)12-10-19-18-20(25(2,3)28)11-13-24(19)26-16-14-23(15-17-26)31(29,30)22-8-6-5-7-9-22;1-20(2,23)15-8-9-19(18(21)14-15)22-12-10-17(11-13-22)26(24,25)16-6-4-3-5-7-16;1-20(2,22)16-8-10-17(11-9-16)21-14-12-19(13-15-21)25(23,24)18-6-4-3-5-7-18;13-15(14,10-4-2-1-3-5-10)11-6-8-12-9-7-11;10-6-3-1-5(2-4-6)7(17,8(11,12)13)9(14,15)16;1-3-5(2)4-6;/h5-9,11,13,18,21,23,27-28H,4,14-17H2,1-3H3;3-9,14,17,23H,10-13H2,1-2H3;3-11,19,22H,12-15H2,1-2H3;1-5,11-12H,6-9H2;1-4,17H;1,5-6H,4H2,2H3;. The molecule has 4 saturated heterocycles. The minimum atomic E-state index is -5.85. The monoisotopic (exact) mass is 1970 g/mol. The summed E-state index contributed by atoms with van der Waals surface area (Å²) in [4.78, 5) is 8.23. The van der Waals surface area contributed by atoms with E-state index in [-0.39, 0.29) is 48.7 Å². The van der Waals surface area contributed by atoms with Gasteiger partial charge in [0.1, 0.15) is 6.10 Å². The Morgan fingerprint density at radius 2 is 0.769 bits per heavy atom. The van der Waals surface area contributed by atoms with Crippen molar-refractivity contribution in [3.8, 4) is 24.2 Å². The number of rotatable bonds is 17. The molecule has 4 aliphatic rings. The Morgan fingerprint density at radius 3 is 1.08 bits per heavy atom. The molecule has 4 heterocycles. The SMILES string of the molecule is C#CC(C)CO.CC(C)(O)c1ccc(N2CCC(S(=O)(=O)c3ccccc3)CC2)c(Br)c1.CC(C)(O)c1ccc(N2CCC(S(=O)(=O)c3ccccc3)CC2)cc1.CCC(O)C#Cc1cc(C(C)(C)O)ccc1N1CCC(S(=O)(=O)c2ccccc2)CC1.O=S(=O)(c1ccccc1)C1CCNCC1.OC(c1ccc(Br)cc1)(C(F)(F)F)C(F)(F)F.[Pd]. The average Bonchev–Trinajstić information content (AvgIpc) is 0.745. The van der Waals surface area contributed by atoms with Gasteiger partial charge in [0.15, 0.2) is 39.3 Å². The van der Waals surface area contributed by atoms with Crippen LogP contribution < -0.4 is 20.0 Å². The van der Waals surface area contributed by atoms with Gasteiger partial charge in [0, 0.05) is 91.4 Å². The van der Waals surface area contributed by atoms with Crippen LogP contribution in [-0.2, 0) is 82.2 Å². The Kier molecular flexibility index (Phi) is 38.0. The Balaban J connectivity index is 0.000000234. The molecule has 2 unspecified atom stereocenters. The Labute approximate surface area is 740 Å². The number of aliphatic hydroxyl groups is 6. The molecule has 0 aliphatic carbocycles. The quantitative estimate of drug-likeness (QED) is 0.0253. The number of piperidine rings is 4. The fourth-order valence-corrected chi connectivity index (χ4v) is 21.5. The molecule has 7 N–H and O–H groups in total. The van der Waals surface area contributed by atoms with E-state index in [1.807, 2.05) is 91.9 Å². The first-order valence-corrected chi connectivity index (χ1v) is 47.1. The molecular formula is C90H108Br2F6N4O14PdS4. The van der Waals surface area contributed by atoms with Crippen LogP contribution in [0.25, 0.3) is 0 Å². The fourth-order valence-electron chi connectivity index (χ4n) is 13.6. The predicted octanol–water partition coefficient (Wildman–Crippen LogP) is 16.2. The zero-order valence-electron chi connectivity index (χ0n) is 68.7. The maximum Gasteiger partial charge on any atom is 0.430 e. The van der Waals surface area contributed by atoms with Crippen molar-refractivity contribution in [1.82, 2.24) is 5.32 Å². The zero-order chi connectivity index (χ0) is 88.9. The number of halogens is 8. The van der Waals surface area contributed by atoms with Crippen LogP contribution >= 0.6 is 31.9 Å². The van der Waals surface area contributed by atoms with Gasteiger partial charge < -0.3 is 50.7 Å². The summed E-state index contributed by atoms with van der Waals surface area (Å²) in [5.74, 6) is 8.32. The van der Waals surface area contributed by atoms with E-state index in [9.17, 15) is 80.4 Å². The number of sulfone groups is 4. The third kappa shape index (κ3) is 28.3. The Hall–Kier alpha value is -7.00. The molecule has 18 nitrogen and oxygen atoms in total. The van der Waals surface area contributed by atoms with Gasteiger partial charge in [-0.25, -0.2) is 33.7 Å². The van der Waals surface area contributed by atoms with Crippen molar-refractivity contribution in [3.63, 3.8) is 0 Å². The van der Waals surface area contributed by atoms with Crippen molar-refractivity contribution < 1.29 is 111 Å². The van der Waals surface area contributed by atoms with Crippen LogP contribution in [0, 0.1) is 30.1 Å². The van der Waals surface area contributed by atoms with Gasteiger partial charge in [-0.15, -0.1) is 12.3 Å². The van der Waals surface area contributed by atoms with E-state index in [2.05, 4.69) is 69.6 Å². The number of aliphatic hydroxyl groups excluding tert-OH is 2. The van der Waals surface area contributed by atoms with Gasteiger partial charge in [0.2, 0.25) is 0 Å².